The summed E-state index contributed by atoms with van der Waals surface area (Å²) in [6.45, 7) is 2.18. The highest BCUT2D eigenvalue weighted by Crippen LogP contribution is 2.44. The fraction of sp³-hybridized carbons (Fsp3) is 0.308. The average molecular weight is 477 g/mol. The molecule has 0 fully saturated rings. The number of rotatable bonds is 10. The number of ether oxygens (including phenoxy) is 1. The molecule has 0 aliphatic heterocycles. The zero-order valence-electron chi connectivity index (χ0n) is 19.4. The van der Waals surface area contributed by atoms with Crippen molar-refractivity contribution in [1.29, 1.82) is 0 Å². The van der Waals surface area contributed by atoms with E-state index in [-0.39, 0.29) is 30.9 Å². The van der Waals surface area contributed by atoms with Crippen molar-refractivity contribution in [2.24, 2.45) is 5.92 Å². The summed E-state index contributed by atoms with van der Waals surface area (Å²) in [5.74, 6) is -1.48. The second kappa shape index (κ2) is 10.9. The molecule has 0 radical (unpaired) electrons. The molecule has 3 N–H and O–H groups in total. The van der Waals surface area contributed by atoms with Gasteiger partial charge in [-0.3, -0.25) is 14.3 Å². The fourth-order valence-corrected chi connectivity index (χ4v) is 4.30. The van der Waals surface area contributed by atoms with Crippen molar-refractivity contribution >= 4 is 23.7 Å². The number of nitrogens with one attached hydrogen (secondary N) is 2. The first-order chi connectivity index (χ1) is 16.9. The molecule has 4 rings (SSSR count). The SMILES string of the molecule is CC(CCCNC(=O)OCC1c2ccccc2-c2ccccc21)C(=O)Nc1cnn(CC(=O)O)c1. The lowest BCUT2D eigenvalue weighted by Crippen LogP contribution is -2.28. The number of carbonyl (C=O) groups is 3. The van der Waals surface area contributed by atoms with E-state index in [1.165, 1.54) is 28.2 Å². The Hall–Kier alpha value is -4.14. The molecule has 0 saturated carbocycles. The molecule has 1 aliphatic carbocycles. The van der Waals surface area contributed by atoms with Gasteiger partial charge in [0.05, 0.1) is 11.9 Å². The van der Waals surface area contributed by atoms with Crippen LogP contribution in [0.2, 0.25) is 0 Å². The zero-order chi connectivity index (χ0) is 24.8. The molecule has 2 amide bonds. The molecule has 1 aromatic heterocycles. The maximum Gasteiger partial charge on any atom is 0.407 e. The summed E-state index contributed by atoms with van der Waals surface area (Å²) in [5.41, 5.74) is 5.13. The van der Waals surface area contributed by atoms with Gasteiger partial charge in [-0.05, 0) is 35.1 Å². The third-order valence-electron chi connectivity index (χ3n) is 6.07. The van der Waals surface area contributed by atoms with E-state index in [1.807, 2.05) is 24.3 Å². The highest BCUT2D eigenvalue weighted by molar-refractivity contribution is 5.92. The van der Waals surface area contributed by atoms with Crippen LogP contribution in [0.1, 0.15) is 36.8 Å². The van der Waals surface area contributed by atoms with E-state index in [4.69, 9.17) is 9.84 Å². The maximum atomic E-state index is 12.3. The topological polar surface area (TPSA) is 123 Å². The Morgan fingerprint density at radius 3 is 2.40 bits per heavy atom. The number of amides is 2. The molecule has 0 spiro atoms. The Morgan fingerprint density at radius 2 is 1.74 bits per heavy atom. The van der Waals surface area contributed by atoms with Crippen molar-refractivity contribution in [3.63, 3.8) is 0 Å². The predicted octanol–water partition coefficient (Wildman–Crippen LogP) is 3.86. The van der Waals surface area contributed by atoms with Gasteiger partial charge < -0.3 is 20.5 Å². The second-order valence-electron chi connectivity index (χ2n) is 8.61. The van der Waals surface area contributed by atoms with Gasteiger partial charge in [0.1, 0.15) is 13.2 Å². The van der Waals surface area contributed by atoms with Crippen molar-refractivity contribution in [2.45, 2.75) is 32.2 Å². The summed E-state index contributed by atoms with van der Waals surface area (Å²) < 4.78 is 6.76. The number of fused-ring (bicyclic) bond motifs is 3. The third kappa shape index (κ3) is 5.87. The van der Waals surface area contributed by atoms with Gasteiger partial charge in [-0.15, -0.1) is 0 Å². The van der Waals surface area contributed by atoms with E-state index in [1.54, 1.807) is 6.92 Å². The van der Waals surface area contributed by atoms with E-state index in [0.717, 1.165) is 11.1 Å². The quantitative estimate of drug-likeness (QED) is 0.382. The minimum atomic E-state index is -1.01. The van der Waals surface area contributed by atoms with E-state index >= 15 is 0 Å². The molecule has 3 aromatic rings. The van der Waals surface area contributed by atoms with Crippen LogP contribution in [-0.2, 0) is 20.9 Å². The van der Waals surface area contributed by atoms with Crippen molar-refractivity contribution in [2.75, 3.05) is 18.5 Å². The molecule has 1 aliphatic rings. The number of nitrogens with zero attached hydrogens (tertiary/aromatic N) is 2. The molecule has 9 heteroatoms. The van der Waals surface area contributed by atoms with Crippen molar-refractivity contribution in [3.8, 4) is 11.1 Å². The monoisotopic (exact) mass is 476 g/mol. The Balaban J connectivity index is 1.18. The summed E-state index contributed by atoms with van der Waals surface area (Å²) >= 11 is 0. The van der Waals surface area contributed by atoms with Crippen LogP contribution in [0.5, 0.6) is 0 Å². The van der Waals surface area contributed by atoms with Gasteiger partial charge in [-0.2, -0.15) is 5.10 Å². The number of aromatic nitrogens is 2. The Morgan fingerprint density at radius 1 is 1.09 bits per heavy atom. The molecule has 1 atom stereocenters. The highest BCUT2D eigenvalue weighted by Gasteiger charge is 2.29. The number of aliphatic carboxylic acids is 1. The number of anilines is 1. The van der Waals surface area contributed by atoms with E-state index in [2.05, 4.69) is 40.0 Å². The van der Waals surface area contributed by atoms with Gasteiger partial charge in [0, 0.05) is 24.6 Å². The molecule has 2 aromatic carbocycles. The van der Waals surface area contributed by atoms with Crippen molar-refractivity contribution in [3.05, 3.63) is 72.1 Å². The lowest BCUT2D eigenvalue weighted by molar-refractivity contribution is -0.137. The molecule has 35 heavy (non-hydrogen) atoms. The number of alkyl carbamates (subject to hydrolysis) is 1. The fourth-order valence-electron chi connectivity index (χ4n) is 4.30. The lowest BCUT2D eigenvalue weighted by atomic mass is 9.98. The number of hydrogen-bond donors (Lipinski definition) is 3. The first kappa shape index (κ1) is 24.0. The van der Waals surface area contributed by atoms with Gasteiger partial charge in [0.2, 0.25) is 5.91 Å². The van der Waals surface area contributed by atoms with Gasteiger partial charge in [0.15, 0.2) is 0 Å². The molecular weight excluding hydrogens is 448 g/mol. The van der Waals surface area contributed by atoms with Gasteiger partial charge in [-0.25, -0.2) is 4.79 Å². The minimum absolute atomic E-state index is 0.0109. The van der Waals surface area contributed by atoms with E-state index < -0.39 is 12.1 Å². The van der Waals surface area contributed by atoms with Crippen LogP contribution < -0.4 is 10.6 Å². The Labute approximate surface area is 203 Å². The predicted molar refractivity (Wildman–Crippen MR) is 130 cm³/mol. The summed E-state index contributed by atoms with van der Waals surface area (Å²) in [5, 5.41) is 18.2. The van der Waals surface area contributed by atoms with Crippen LogP contribution in [0.3, 0.4) is 0 Å². The number of hydrogen-bond acceptors (Lipinski definition) is 5. The largest absolute Gasteiger partial charge is 0.480 e. The average Bonchev–Trinajstić information content (AvgIpc) is 3.41. The van der Waals surface area contributed by atoms with E-state index in [0.29, 0.717) is 25.1 Å². The molecule has 9 nitrogen and oxygen atoms in total. The number of benzene rings is 2. The summed E-state index contributed by atoms with van der Waals surface area (Å²) in [7, 11) is 0. The zero-order valence-corrected chi connectivity index (χ0v) is 19.4. The Kier molecular flexibility index (Phi) is 7.45. The number of carbonyl (C=O) groups excluding carboxylic acids is 2. The summed E-state index contributed by atoms with van der Waals surface area (Å²) in [4.78, 5) is 35.3. The normalized spacial score (nSPS) is 12.9. The highest BCUT2D eigenvalue weighted by atomic mass is 16.5. The summed E-state index contributed by atoms with van der Waals surface area (Å²) in [6.07, 6.45) is 3.58. The minimum Gasteiger partial charge on any atom is -0.480 e. The van der Waals surface area contributed by atoms with Crippen LogP contribution in [0.4, 0.5) is 10.5 Å². The number of carboxylic acids is 1. The molecule has 0 bridgehead atoms. The molecule has 0 saturated heterocycles. The second-order valence-corrected chi connectivity index (χ2v) is 8.61. The summed E-state index contributed by atoms with van der Waals surface area (Å²) in [6, 6.07) is 16.4. The van der Waals surface area contributed by atoms with Gasteiger partial charge >= 0.3 is 12.1 Å². The first-order valence-electron chi connectivity index (χ1n) is 11.6. The lowest BCUT2D eigenvalue weighted by Gasteiger charge is -2.15. The molecule has 1 heterocycles. The molecule has 1 unspecified atom stereocenters. The van der Waals surface area contributed by atoms with E-state index in [9.17, 15) is 14.4 Å². The standard InChI is InChI=1S/C26H28N4O5/c1-17(25(33)29-18-13-28-30(14-18)15-24(31)32)7-6-12-27-26(34)35-16-23-21-10-4-2-8-19(21)20-9-3-5-11-22(20)23/h2-5,8-11,13-14,17,23H,6-7,12,15-16H2,1H3,(H,27,34)(H,29,33)(H,31,32). The third-order valence-corrected chi connectivity index (χ3v) is 6.07. The Bertz CT molecular complexity index is 1180. The van der Waals surface area contributed by atoms with Crippen LogP contribution in [0.25, 0.3) is 11.1 Å². The van der Waals surface area contributed by atoms with Crippen molar-refractivity contribution < 1.29 is 24.2 Å². The van der Waals surface area contributed by atoms with Crippen LogP contribution in [0.15, 0.2) is 60.9 Å². The molecular formula is C26H28N4O5. The van der Waals surface area contributed by atoms with Gasteiger partial charge in [-0.1, -0.05) is 55.5 Å². The maximum absolute atomic E-state index is 12.3. The molecule has 182 valence electrons. The first-order valence-corrected chi connectivity index (χ1v) is 11.6. The van der Waals surface area contributed by atoms with Crippen LogP contribution >= 0.6 is 0 Å². The van der Waals surface area contributed by atoms with Gasteiger partial charge in [0.25, 0.3) is 0 Å². The smallest absolute Gasteiger partial charge is 0.407 e. The van der Waals surface area contributed by atoms with Crippen LogP contribution in [0, 0.1) is 5.92 Å². The number of carboxylic acid groups (broad SMARTS) is 1. The van der Waals surface area contributed by atoms with Crippen molar-refractivity contribution in [1.82, 2.24) is 15.1 Å². The van der Waals surface area contributed by atoms with Crippen LogP contribution in [-0.4, -0.2) is 46.0 Å².